The number of hydrogen-bond donors (Lipinski definition) is 3. The molecule has 2 aromatic rings. The largest absolute Gasteiger partial charge is 0.490 e. The molecule has 8 nitrogen and oxygen atoms in total. The standard InChI is InChI=1S/C27H31F2N3O5/c28-22-15-21(37-20-9-5-18(6-10-20)27(35)36)16-23(29)24(22)26(34)31-12-11-30-25(33)17-3-7-19(8-4-17)32-13-1-2-14-32/h3-4,7-8,15-16,18,20H,1-2,5-6,9-14H2,(H,30,33)(H,31,34)(H,35,36)/t18-,20+. The van der Waals surface area contributed by atoms with Crippen LogP contribution in [0.4, 0.5) is 14.5 Å². The zero-order valence-electron chi connectivity index (χ0n) is 20.5. The van der Waals surface area contributed by atoms with E-state index in [1.165, 1.54) is 0 Å². The number of nitrogens with zero attached hydrogens (tertiary/aromatic N) is 1. The summed E-state index contributed by atoms with van der Waals surface area (Å²) in [4.78, 5) is 38.0. The van der Waals surface area contributed by atoms with Gasteiger partial charge in [0, 0.05) is 49.6 Å². The predicted octanol–water partition coefficient (Wildman–Crippen LogP) is 3.75. The van der Waals surface area contributed by atoms with Crippen LogP contribution >= 0.6 is 0 Å². The summed E-state index contributed by atoms with van der Waals surface area (Å²) < 4.78 is 34.7. The average Bonchev–Trinajstić information content (AvgIpc) is 3.42. The van der Waals surface area contributed by atoms with E-state index >= 15 is 0 Å². The van der Waals surface area contributed by atoms with E-state index in [1.54, 1.807) is 12.1 Å². The SMILES string of the molecule is O=C(NCCNC(=O)c1c(F)cc(O[C@H]2CC[C@@H](C(=O)O)CC2)cc1F)c1ccc(N2CCCC2)cc1. The first-order valence-corrected chi connectivity index (χ1v) is 12.6. The van der Waals surface area contributed by atoms with Crippen LogP contribution in [0.25, 0.3) is 0 Å². The van der Waals surface area contributed by atoms with Crippen LogP contribution in [0.5, 0.6) is 5.75 Å². The Morgan fingerprint density at radius 1 is 0.892 bits per heavy atom. The third-order valence-electron chi connectivity index (χ3n) is 6.87. The van der Waals surface area contributed by atoms with Crippen LogP contribution in [0.3, 0.4) is 0 Å². The summed E-state index contributed by atoms with van der Waals surface area (Å²) in [5.74, 6) is -4.69. The van der Waals surface area contributed by atoms with E-state index in [4.69, 9.17) is 9.84 Å². The van der Waals surface area contributed by atoms with Gasteiger partial charge in [0.05, 0.1) is 12.0 Å². The molecule has 1 aliphatic carbocycles. The van der Waals surface area contributed by atoms with E-state index in [0.717, 1.165) is 43.8 Å². The fourth-order valence-electron chi connectivity index (χ4n) is 4.80. The number of carbonyl (C=O) groups is 3. The van der Waals surface area contributed by atoms with Gasteiger partial charge in [-0.25, -0.2) is 8.78 Å². The van der Waals surface area contributed by atoms with Crippen molar-refractivity contribution in [3.63, 3.8) is 0 Å². The zero-order valence-corrected chi connectivity index (χ0v) is 20.5. The number of anilines is 1. The van der Waals surface area contributed by atoms with Crippen LogP contribution in [0.1, 0.15) is 59.2 Å². The lowest BCUT2D eigenvalue weighted by atomic mass is 9.87. The van der Waals surface area contributed by atoms with Gasteiger partial charge in [-0.15, -0.1) is 0 Å². The molecule has 2 aliphatic rings. The lowest BCUT2D eigenvalue weighted by Crippen LogP contribution is -2.35. The Hall–Kier alpha value is -3.69. The van der Waals surface area contributed by atoms with Crippen molar-refractivity contribution in [2.45, 2.75) is 44.6 Å². The highest BCUT2D eigenvalue weighted by Gasteiger charge is 2.28. The molecular formula is C27H31F2N3O5. The number of rotatable bonds is 9. The van der Waals surface area contributed by atoms with Crippen molar-refractivity contribution in [2.75, 3.05) is 31.1 Å². The number of halogens is 2. The highest BCUT2D eigenvalue weighted by atomic mass is 19.1. The van der Waals surface area contributed by atoms with Gasteiger partial charge in [0.2, 0.25) is 0 Å². The van der Waals surface area contributed by atoms with Gasteiger partial charge in [0.25, 0.3) is 11.8 Å². The maximum atomic E-state index is 14.6. The summed E-state index contributed by atoms with van der Waals surface area (Å²) in [6.45, 7) is 2.09. The summed E-state index contributed by atoms with van der Waals surface area (Å²) in [5, 5.41) is 14.2. The topological polar surface area (TPSA) is 108 Å². The van der Waals surface area contributed by atoms with Crippen molar-refractivity contribution in [1.29, 1.82) is 0 Å². The van der Waals surface area contributed by atoms with Crippen LogP contribution < -0.4 is 20.3 Å². The fraction of sp³-hybridized carbons (Fsp3) is 0.444. The third kappa shape index (κ3) is 6.75. The first kappa shape index (κ1) is 26.4. The third-order valence-corrected chi connectivity index (χ3v) is 6.87. The Bertz CT molecular complexity index is 1100. The minimum absolute atomic E-state index is 0.0135. The molecule has 2 fully saturated rings. The lowest BCUT2D eigenvalue weighted by Gasteiger charge is -2.26. The molecule has 0 atom stereocenters. The van der Waals surface area contributed by atoms with E-state index in [1.807, 2.05) is 12.1 Å². The minimum Gasteiger partial charge on any atom is -0.490 e. The Morgan fingerprint density at radius 2 is 1.46 bits per heavy atom. The number of carboxylic acid groups (broad SMARTS) is 1. The molecule has 198 valence electrons. The molecule has 10 heteroatoms. The number of carbonyl (C=O) groups excluding carboxylic acids is 2. The van der Waals surface area contributed by atoms with Gasteiger partial charge in [0.15, 0.2) is 0 Å². The molecule has 1 saturated carbocycles. The molecule has 2 aromatic carbocycles. The molecule has 1 saturated heterocycles. The van der Waals surface area contributed by atoms with Crippen LogP contribution in [-0.2, 0) is 4.79 Å². The van der Waals surface area contributed by atoms with E-state index in [-0.39, 0.29) is 30.9 Å². The van der Waals surface area contributed by atoms with E-state index in [9.17, 15) is 23.2 Å². The van der Waals surface area contributed by atoms with Crippen LogP contribution in [0.15, 0.2) is 36.4 Å². The number of aliphatic carboxylic acids is 1. The summed E-state index contributed by atoms with van der Waals surface area (Å²) in [5.41, 5.74) is 0.830. The van der Waals surface area contributed by atoms with Gasteiger partial charge in [-0.05, 0) is 62.8 Å². The van der Waals surface area contributed by atoms with Gasteiger partial charge in [-0.3, -0.25) is 14.4 Å². The molecule has 37 heavy (non-hydrogen) atoms. The molecule has 0 spiro atoms. The molecule has 0 bridgehead atoms. The Morgan fingerprint density at radius 3 is 2.03 bits per heavy atom. The average molecular weight is 516 g/mol. The number of carboxylic acids is 1. The number of benzene rings is 2. The number of ether oxygens (including phenoxy) is 1. The van der Waals surface area contributed by atoms with Gasteiger partial charge in [-0.1, -0.05) is 0 Å². The first-order chi connectivity index (χ1) is 17.8. The van der Waals surface area contributed by atoms with Crippen molar-refractivity contribution in [1.82, 2.24) is 10.6 Å². The van der Waals surface area contributed by atoms with Crippen molar-refractivity contribution in [3.8, 4) is 5.75 Å². The van der Waals surface area contributed by atoms with Gasteiger partial charge in [-0.2, -0.15) is 0 Å². The number of nitrogens with one attached hydrogen (secondary N) is 2. The minimum atomic E-state index is -1.06. The fourth-order valence-corrected chi connectivity index (χ4v) is 4.80. The summed E-state index contributed by atoms with van der Waals surface area (Å²) in [6, 6.07) is 9.20. The summed E-state index contributed by atoms with van der Waals surface area (Å²) >= 11 is 0. The molecule has 0 radical (unpaired) electrons. The van der Waals surface area contributed by atoms with Crippen molar-refractivity contribution in [3.05, 3.63) is 59.2 Å². The first-order valence-electron chi connectivity index (χ1n) is 12.6. The number of hydrogen-bond acceptors (Lipinski definition) is 5. The molecule has 1 aliphatic heterocycles. The van der Waals surface area contributed by atoms with Crippen molar-refractivity contribution < 1.29 is 33.0 Å². The van der Waals surface area contributed by atoms with Gasteiger partial charge in [0.1, 0.15) is 22.9 Å². The Balaban J connectivity index is 1.23. The van der Waals surface area contributed by atoms with E-state index < -0.39 is 35.0 Å². The second-order valence-corrected chi connectivity index (χ2v) is 9.44. The molecule has 4 rings (SSSR count). The molecule has 1 heterocycles. The lowest BCUT2D eigenvalue weighted by molar-refractivity contribution is -0.143. The monoisotopic (exact) mass is 515 g/mol. The quantitative estimate of drug-likeness (QED) is 0.439. The highest BCUT2D eigenvalue weighted by Crippen LogP contribution is 2.29. The maximum absolute atomic E-state index is 14.6. The van der Waals surface area contributed by atoms with Crippen LogP contribution in [0.2, 0.25) is 0 Å². The zero-order chi connectivity index (χ0) is 26.4. The summed E-state index contributed by atoms with van der Waals surface area (Å²) in [6.07, 6.45) is 3.80. The van der Waals surface area contributed by atoms with Crippen molar-refractivity contribution >= 4 is 23.5 Å². The molecule has 0 unspecified atom stereocenters. The molecule has 3 N–H and O–H groups in total. The van der Waals surface area contributed by atoms with E-state index in [2.05, 4.69) is 15.5 Å². The van der Waals surface area contributed by atoms with Gasteiger partial charge >= 0.3 is 5.97 Å². The molecular weight excluding hydrogens is 484 g/mol. The molecule has 0 aromatic heterocycles. The van der Waals surface area contributed by atoms with E-state index in [0.29, 0.717) is 31.2 Å². The van der Waals surface area contributed by atoms with Crippen LogP contribution in [0, 0.1) is 17.6 Å². The Kier molecular flexibility index (Phi) is 8.58. The number of amides is 2. The normalized spacial score (nSPS) is 19.4. The second-order valence-electron chi connectivity index (χ2n) is 9.44. The molecule has 2 amide bonds. The predicted molar refractivity (Wildman–Crippen MR) is 133 cm³/mol. The highest BCUT2D eigenvalue weighted by molar-refractivity contribution is 5.95. The van der Waals surface area contributed by atoms with Crippen LogP contribution in [-0.4, -0.2) is 55.2 Å². The van der Waals surface area contributed by atoms with Crippen molar-refractivity contribution in [2.24, 2.45) is 5.92 Å². The summed E-state index contributed by atoms with van der Waals surface area (Å²) in [7, 11) is 0. The second kappa shape index (κ2) is 12.0. The van der Waals surface area contributed by atoms with Gasteiger partial charge < -0.3 is 25.4 Å². The smallest absolute Gasteiger partial charge is 0.306 e. The Labute approximate surface area is 214 Å². The maximum Gasteiger partial charge on any atom is 0.306 e.